The first-order valence-electron chi connectivity index (χ1n) is 5.30. The first-order chi connectivity index (χ1) is 9.06. The first-order valence-corrected chi connectivity index (χ1v) is 7.20. The Bertz CT molecular complexity index is 645. The SMILES string of the molecule is C#CCc1c(S(C)(=O)=O)ccc(N)c1OCC(F)(F)F. The van der Waals surface area contributed by atoms with E-state index in [1.54, 1.807) is 0 Å². The van der Waals surface area contributed by atoms with Crippen LogP contribution in [0.1, 0.15) is 5.56 Å². The van der Waals surface area contributed by atoms with Crippen molar-refractivity contribution in [3.8, 4) is 18.1 Å². The molecule has 0 saturated carbocycles. The molecule has 0 fully saturated rings. The maximum Gasteiger partial charge on any atom is 0.422 e. The van der Waals surface area contributed by atoms with Crippen molar-refractivity contribution in [2.45, 2.75) is 17.5 Å². The molecule has 0 bridgehead atoms. The summed E-state index contributed by atoms with van der Waals surface area (Å²) in [5, 5.41) is 0. The van der Waals surface area contributed by atoms with Crippen LogP contribution >= 0.6 is 0 Å². The van der Waals surface area contributed by atoms with E-state index < -0.39 is 22.6 Å². The van der Waals surface area contributed by atoms with Gasteiger partial charge in [0.05, 0.1) is 10.6 Å². The lowest BCUT2D eigenvalue weighted by Gasteiger charge is -2.16. The van der Waals surface area contributed by atoms with Crippen LogP contribution in [0.4, 0.5) is 18.9 Å². The average molecular weight is 307 g/mol. The van der Waals surface area contributed by atoms with Gasteiger partial charge in [0.25, 0.3) is 0 Å². The standard InChI is InChI=1S/C12H12F3NO3S/c1-3-4-8-10(20(2,17)18)6-5-9(16)11(8)19-7-12(13,14)15/h1,5-6H,4,7,16H2,2H3. The molecule has 0 amide bonds. The fourth-order valence-electron chi connectivity index (χ4n) is 1.57. The zero-order chi connectivity index (χ0) is 15.6. The summed E-state index contributed by atoms with van der Waals surface area (Å²) in [6, 6.07) is 2.36. The molecular weight excluding hydrogens is 295 g/mol. The van der Waals surface area contributed by atoms with Crippen molar-refractivity contribution < 1.29 is 26.3 Å². The van der Waals surface area contributed by atoms with Crippen molar-refractivity contribution in [3.63, 3.8) is 0 Å². The molecule has 1 rings (SSSR count). The molecule has 8 heteroatoms. The van der Waals surface area contributed by atoms with E-state index in [1.807, 2.05) is 0 Å². The second-order valence-corrected chi connectivity index (χ2v) is 6.00. The van der Waals surface area contributed by atoms with E-state index in [4.69, 9.17) is 12.2 Å². The minimum absolute atomic E-state index is 0.0424. The third-order valence-electron chi connectivity index (χ3n) is 2.31. The number of rotatable bonds is 4. The molecule has 4 nitrogen and oxygen atoms in total. The van der Waals surface area contributed by atoms with Crippen LogP contribution in [0.15, 0.2) is 17.0 Å². The summed E-state index contributed by atoms with van der Waals surface area (Å²) in [4.78, 5) is -0.193. The van der Waals surface area contributed by atoms with Crippen LogP contribution in [0.25, 0.3) is 0 Å². The van der Waals surface area contributed by atoms with E-state index in [2.05, 4.69) is 10.7 Å². The molecule has 0 aliphatic carbocycles. The van der Waals surface area contributed by atoms with E-state index >= 15 is 0 Å². The van der Waals surface area contributed by atoms with Crippen molar-refractivity contribution in [3.05, 3.63) is 17.7 Å². The van der Waals surface area contributed by atoms with Gasteiger partial charge in [0, 0.05) is 18.2 Å². The van der Waals surface area contributed by atoms with E-state index in [0.29, 0.717) is 0 Å². The summed E-state index contributed by atoms with van der Waals surface area (Å²) in [6.45, 7) is -1.58. The average Bonchev–Trinajstić information content (AvgIpc) is 2.25. The van der Waals surface area contributed by atoms with Crippen molar-refractivity contribution >= 4 is 15.5 Å². The van der Waals surface area contributed by atoms with Crippen LogP contribution in [0, 0.1) is 12.3 Å². The van der Waals surface area contributed by atoms with Gasteiger partial charge in [0.2, 0.25) is 0 Å². The van der Waals surface area contributed by atoms with Crippen molar-refractivity contribution in [2.75, 3.05) is 18.6 Å². The third kappa shape index (κ3) is 4.06. The molecule has 110 valence electrons. The molecule has 0 spiro atoms. The highest BCUT2D eigenvalue weighted by atomic mass is 32.2. The summed E-state index contributed by atoms with van der Waals surface area (Å²) >= 11 is 0. The summed E-state index contributed by atoms with van der Waals surface area (Å²) in [7, 11) is -3.66. The van der Waals surface area contributed by atoms with Gasteiger partial charge in [-0.2, -0.15) is 13.2 Å². The van der Waals surface area contributed by atoms with Gasteiger partial charge in [-0.3, -0.25) is 0 Å². The Balaban J connectivity index is 3.38. The quantitative estimate of drug-likeness (QED) is 0.680. The van der Waals surface area contributed by atoms with Gasteiger partial charge in [-0.15, -0.1) is 12.3 Å². The Morgan fingerprint density at radius 3 is 2.45 bits per heavy atom. The molecule has 0 aliphatic rings. The third-order valence-corrected chi connectivity index (χ3v) is 3.49. The molecular formula is C12H12F3NO3S. The van der Waals surface area contributed by atoms with Gasteiger partial charge < -0.3 is 10.5 Å². The van der Waals surface area contributed by atoms with E-state index in [9.17, 15) is 21.6 Å². The maximum absolute atomic E-state index is 12.2. The summed E-state index contributed by atoms with van der Waals surface area (Å²) < 4.78 is 64.4. The topological polar surface area (TPSA) is 69.4 Å². The Hall–Kier alpha value is -1.88. The monoisotopic (exact) mass is 307 g/mol. The van der Waals surface area contributed by atoms with Crippen LogP contribution in [-0.2, 0) is 16.3 Å². The lowest BCUT2D eigenvalue weighted by Crippen LogP contribution is -2.20. The van der Waals surface area contributed by atoms with Gasteiger partial charge in [-0.05, 0) is 12.1 Å². The molecule has 0 atom stereocenters. The van der Waals surface area contributed by atoms with E-state index in [1.165, 1.54) is 12.1 Å². The summed E-state index contributed by atoms with van der Waals surface area (Å²) in [6.07, 6.45) is 1.26. The van der Waals surface area contributed by atoms with Crippen LogP contribution in [0.3, 0.4) is 0 Å². The second kappa shape index (κ2) is 5.63. The highest BCUT2D eigenvalue weighted by Crippen LogP contribution is 2.33. The number of hydrogen-bond acceptors (Lipinski definition) is 4. The number of terminal acetylenes is 1. The molecule has 0 aromatic heterocycles. The van der Waals surface area contributed by atoms with Crippen molar-refractivity contribution in [2.24, 2.45) is 0 Å². The Kier molecular flexibility index (Phi) is 4.55. The first kappa shape index (κ1) is 16.2. The molecule has 0 unspecified atom stereocenters. The Morgan fingerprint density at radius 1 is 1.40 bits per heavy atom. The van der Waals surface area contributed by atoms with Crippen LogP contribution in [0.5, 0.6) is 5.75 Å². The van der Waals surface area contributed by atoms with Crippen molar-refractivity contribution in [1.82, 2.24) is 0 Å². The molecule has 0 heterocycles. The van der Waals surface area contributed by atoms with Crippen LogP contribution in [-0.4, -0.2) is 27.5 Å². The summed E-state index contributed by atoms with van der Waals surface area (Å²) in [5.74, 6) is 1.84. The normalized spacial score (nSPS) is 11.9. The minimum atomic E-state index is -4.57. The molecule has 0 radical (unpaired) electrons. The molecule has 0 aliphatic heterocycles. The number of sulfone groups is 1. The highest BCUT2D eigenvalue weighted by molar-refractivity contribution is 7.90. The van der Waals surface area contributed by atoms with Gasteiger partial charge in [-0.1, -0.05) is 0 Å². The molecule has 2 N–H and O–H groups in total. The minimum Gasteiger partial charge on any atom is -0.482 e. The number of halogens is 3. The fourth-order valence-corrected chi connectivity index (χ4v) is 2.50. The number of benzene rings is 1. The van der Waals surface area contributed by atoms with Crippen LogP contribution < -0.4 is 10.5 Å². The number of alkyl halides is 3. The predicted molar refractivity (Wildman–Crippen MR) is 68.1 cm³/mol. The van der Waals surface area contributed by atoms with Gasteiger partial charge in [0.1, 0.15) is 5.75 Å². The molecule has 1 aromatic rings. The van der Waals surface area contributed by atoms with E-state index in [0.717, 1.165) is 6.26 Å². The lowest BCUT2D eigenvalue weighted by molar-refractivity contribution is -0.153. The number of ether oxygens (including phenoxy) is 1. The highest BCUT2D eigenvalue weighted by Gasteiger charge is 2.30. The summed E-state index contributed by atoms with van der Waals surface area (Å²) in [5.41, 5.74) is 5.39. The Labute approximate surface area is 114 Å². The largest absolute Gasteiger partial charge is 0.482 e. The number of anilines is 1. The number of nitrogens with two attached hydrogens (primary N) is 1. The number of nitrogen functional groups attached to an aromatic ring is 1. The molecule has 20 heavy (non-hydrogen) atoms. The Morgan fingerprint density at radius 2 is 2.00 bits per heavy atom. The van der Waals surface area contributed by atoms with Crippen LogP contribution in [0.2, 0.25) is 0 Å². The number of hydrogen-bond donors (Lipinski definition) is 1. The van der Waals surface area contributed by atoms with E-state index in [-0.39, 0.29) is 28.3 Å². The van der Waals surface area contributed by atoms with Gasteiger partial charge >= 0.3 is 6.18 Å². The molecule has 0 saturated heterocycles. The van der Waals surface area contributed by atoms with Crippen molar-refractivity contribution in [1.29, 1.82) is 0 Å². The zero-order valence-corrected chi connectivity index (χ0v) is 11.3. The maximum atomic E-state index is 12.2. The predicted octanol–water partition coefficient (Wildman–Crippen LogP) is 1.79. The fraction of sp³-hybridized carbons (Fsp3) is 0.333. The second-order valence-electron chi connectivity index (χ2n) is 4.02. The zero-order valence-electron chi connectivity index (χ0n) is 10.5. The molecule has 1 aromatic carbocycles. The lowest BCUT2D eigenvalue weighted by atomic mass is 10.1. The van der Waals surface area contributed by atoms with Gasteiger partial charge in [0.15, 0.2) is 16.4 Å². The van der Waals surface area contributed by atoms with Gasteiger partial charge in [-0.25, -0.2) is 8.42 Å². The smallest absolute Gasteiger partial charge is 0.422 e.